The van der Waals surface area contributed by atoms with E-state index < -0.39 is 0 Å². The molecule has 1 amide bonds. The van der Waals surface area contributed by atoms with E-state index in [0.717, 1.165) is 5.56 Å². The highest BCUT2D eigenvalue weighted by molar-refractivity contribution is 5.95. The lowest BCUT2D eigenvalue weighted by Crippen LogP contribution is -2.32. The number of nitrogens with two attached hydrogens (primary N) is 1. The lowest BCUT2D eigenvalue weighted by atomic mass is 10.1. The number of aromatic hydroxyl groups is 1. The molecule has 2 rings (SSSR count). The van der Waals surface area contributed by atoms with Crippen LogP contribution < -0.4 is 10.6 Å². The Morgan fingerprint density at radius 3 is 2.60 bits per heavy atom. The molecule has 4 heteroatoms. The van der Waals surface area contributed by atoms with Crippen LogP contribution in [0.25, 0.3) is 0 Å². The quantitative estimate of drug-likeness (QED) is 0.839. The molecule has 0 atom stereocenters. The monoisotopic (exact) mass is 270 g/mol. The minimum absolute atomic E-state index is 0.0454. The molecule has 2 aromatic carbocycles. The van der Waals surface area contributed by atoms with E-state index in [4.69, 9.17) is 5.73 Å². The van der Waals surface area contributed by atoms with Crippen LogP contribution in [0.2, 0.25) is 0 Å². The summed E-state index contributed by atoms with van der Waals surface area (Å²) in [7, 11) is 0. The maximum Gasteiger partial charge on any atom is 0.231 e. The third-order valence-electron chi connectivity index (χ3n) is 3.16. The van der Waals surface area contributed by atoms with E-state index in [1.807, 2.05) is 25.1 Å². The Morgan fingerprint density at radius 2 is 1.95 bits per heavy atom. The van der Waals surface area contributed by atoms with Crippen LogP contribution in [0.3, 0.4) is 0 Å². The van der Waals surface area contributed by atoms with Gasteiger partial charge in [0.2, 0.25) is 5.91 Å². The van der Waals surface area contributed by atoms with Crippen molar-refractivity contribution in [3.63, 3.8) is 0 Å². The van der Waals surface area contributed by atoms with Gasteiger partial charge in [-0.3, -0.25) is 4.79 Å². The number of benzene rings is 2. The van der Waals surface area contributed by atoms with Crippen molar-refractivity contribution in [1.82, 2.24) is 0 Å². The molecule has 0 aliphatic heterocycles. The fraction of sp³-hybridized carbons (Fsp3) is 0.188. The van der Waals surface area contributed by atoms with Crippen molar-refractivity contribution in [2.75, 3.05) is 17.2 Å². The highest BCUT2D eigenvalue weighted by Crippen LogP contribution is 2.21. The largest absolute Gasteiger partial charge is 0.508 e. The Balaban J connectivity index is 2.20. The average Bonchev–Trinajstić information content (AvgIpc) is 2.42. The number of nitrogens with zero attached hydrogens (tertiary/aromatic N) is 1. The molecule has 0 spiro atoms. The van der Waals surface area contributed by atoms with Crippen LogP contribution >= 0.6 is 0 Å². The third-order valence-corrected chi connectivity index (χ3v) is 3.16. The predicted octanol–water partition coefficient (Wildman–Crippen LogP) is 2.57. The fourth-order valence-electron chi connectivity index (χ4n) is 2.12. The van der Waals surface area contributed by atoms with Crippen LogP contribution in [0.5, 0.6) is 5.75 Å². The third kappa shape index (κ3) is 3.09. The van der Waals surface area contributed by atoms with Crippen LogP contribution in [0.15, 0.2) is 48.5 Å². The average molecular weight is 270 g/mol. The minimum Gasteiger partial charge on any atom is -0.508 e. The molecule has 0 saturated carbocycles. The Morgan fingerprint density at radius 1 is 1.20 bits per heavy atom. The lowest BCUT2D eigenvalue weighted by molar-refractivity contribution is -0.117. The Bertz CT molecular complexity index is 611. The number of nitrogen functional groups attached to an aromatic ring is 1. The van der Waals surface area contributed by atoms with Gasteiger partial charge in [-0.15, -0.1) is 0 Å². The molecule has 104 valence electrons. The molecule has 0 radical (unpaired) electrons. The van der Waals surface area contributed by atoms with Crippen molar-refractivity contribution in [2.24, 2.45) is 0 Å². The number of hydrogen-bond donors (Lipinski definition) is 2. The number of amides is 1. The number of likely N-dealkylation sites (N-methyl/N-ethyl adjacent to an activating group) is 1. The normalized spacial score (nSPS) is 10.2. The first-order valence-corrected chi connectivity index (χ1v) is 6.54. The number of para-hydroxylation sites is 1. The number of rotatable bonds is 4. The highest BCUT2D eigenvalue weighted by atomic mass is 16.3. The summed E-state index contributed by atoms with van der Waals surface area (Å²) >= 11 is 0. The zero-order valence-electron chi connectivity index (χ0n) is 11.4. The van der Waals surface area contributed by atoms with Crippen molar-refractivity contribution in [3.8, 4) is 5.75 Å². The number of carbonyl (C=O) groups excluding carboxylic acids is 1. The van der Waals surface area contributed by atoms with Gasteiger partial charge >= 0.3 is 0 Å². The van der Waals surface area contributed by atoms with E-state index in [1.54, 1.807) is 35.2 Å². The van der Waals surface area contributed by atoms with Crippen molar-refractivity contribution in [3.05, 3.63) is 54.1 Å². The number of hydrogen-bond acceptors (Lipinski definition) is 3. The molecular formula is C16H18N2O2. The van der Waals surface area contributed by atoms with Gasteiger partial charge in [0.1, 0.15) is 5.75 Å². The number of carbonyl (C=O) groups is 1. The topological polar surface area (TPSA) is 66.6 Å². The first kappa shape index (κ1) is 13.9. The summed E-state index contributed by atoms with van der Waals surface area (Å²) in [5, 5.41) is 9.52. The Labute approximate surface area is 118 Å². The zero-order chi connectivity index (χ0) is 14.5. The van der Waals surface area contributed by atoms with Crippen LogP contribution in [-0.4, -0.2) is 17.6 Å². The molecule has 0 aliphatic carbocycles. The Kier molecular flexibility index (Phi) is 4.25. The van der Waals surface area contributed by atoms with E-state index in [0.29, 0.717) is 17.9 Å². The first-order chi connectivity index (χ1) is 9.61. The molecule has 0 aliphatic rings. The van der Waals surface area contributed by atoms with Crippen LogP contribution in [-0.2, 0) is 11.2 Å². The molecule has 4 nitrogen and oxygen atoms in total. The van der Waals surface area contributed by atoms with Gasteiger partial charge in [-0.05, 0) is 30.7 Å². The Hall–Kier alpha value is -2.49. The standard InChI is InChI=1S/C16H18N2O2/c1-2-18(13-7-5-8-14(19)11-13)16(20)10-12-6-3-4-9-15(12)17/h3-9,11,19H,2,10,17H2,1H3. The zero-order valence-corrected chi connectivity index (χ0v) is 11.4. The SMILES string of the molecule is CCN(C(=O)Cc1ccccc1N)c1cccc(O)c1. The van der Waals surface area contributed by atoms with Crippen LogP contribution in [0.1, 0.15) is 12.5 Å². The van der Waals surface area contributed by atoms with E-state index >= 15 is 0 Å². The molecule has 20 heavy (non-hydrogen) atoms. The molecule has 0 saturated heterocycles. The van der Waals surface area contributed by atoms with Gasteiger partial charge in [0.25, 0.3) is 0 Å². The minimum atomic E-state index is -0.0454. The van der Waals surface area contributed by atoms with Gasteiger partial charge in [-0.1, -0.05) is 24.3 Å². The van der Waals surface area contributed by atoms with Gasteiger partial charge in [0.15, 0.2) is 0 Å². The van der Waals surface area contributed by atoms with Gasteiger partial charge in [0, 0.05) is 24.0 Å². The van der Waals surface area contributed by atoms with Crippen LogP contribution in [0.4, 0.5) is 11.4 Å². The first-order valence-electron chi connectivity index (χ1n) is 6.54. The number of anilines is 2. The second kappa shape index (κ2) is 6.10. The summed E-state index contributed by atoms with van der Waals surface area (Å²) in [4.78, 5) is 14.0. The summed E-state index contributed by atoms with van der Waals surface area (Å²) in [6, 6.07) is 14.0. The summed E-state index contributed by atoms with van der Waals surface area (Å²) in [5.74, 6) is 0.101. The number of phenolic OH excluding ortho intramolecular Hbond substituents is 1. The van der Waals surface area contributed by atoms with Crippen molar-refractivity contribution >= 4 is 17.3 Å². The van der Waals surface area contributed by atoms with Gasteiger partial charge < -0.3 is 15.7 Å². The maximum absolute atomic E-state index is 12.4. The fourth-order valence-corrected chi connectivity index (χ4v) is 2.12. The summed E-state index contributed by atoms with van der Waals surface area (Å²) in [6.45, 7) is 2.44. The molecule has 2 aromatic rings. The molecule has 0 aromatic heterocycles. The maximum atomic E-state index is 12.4. The van der Waals surface area contributed by atoms with E-state index in [-0.39, 0.29) is 18.1 Å². The molecular weight excluding hydrogens is 252 g/mol. The summed E-state index contributed by atoms with van der Waals surface area (Å²) in [5.41, 5.74) is 7.98. The molecule has 3 N–H and O–H groups in total. The predicted molar refractivity (Wildman–Crippen MR) is 80.7 cm³/mol. The van der Waals surface area contributed by atoms with Gasteiger partial charge in [-0.25, -0.2) is 0 Å². The lowest BCUT2D eigenvalue weighted by Gasteiger charge is -2.21. The highest BCUT2D eigenvalue weighted by Gasteiger charge is 2.15. The second-order valence-electron chi connectivity index (χ2n) is 4.53. The van der Waals surface area contributed by atoms with Crippen LogP contribution in [0, 0.1) is 0 Å². The van der Waals surface area contributed by atoms with E-state index in [2.05, 4.69) is 0 Å². The van der Waals surface area contributed by atoms with Gasteiger partial charge in [-0.2, -0.15) is 0 Å². The second-order valence-corrected chi connectivity index (χ2v) is 4.53. The molecule has 0 bridgehead atoms. The van der Waals surface area contributed by atoms with Gasteiger partial charge in [0.05, 0.1) is 6.42 Å². The number of phenols is 1. The molecule has 0 unspecified atom stereocenters. The van der Waals surface area contributed by atoms with Crippen molar-refractivity contribution in [2.45, 2.75) is 13.3 Å². The molecule has 0 heterocycles. The molecule has 0 fully saturated rings. The van der Waals surface area contributed by atoms with Crippen molar-refractivity contribution in [1.29, 1.82) is 0 Å². The summed E-state index contributed by atoms with van der Waals surface area (Å²) in [6.07, 6.45) is 0.246. The van der Waals surface area contributed by atoms with E-state index in [1.165, 1.54) is 0 Å². The van der Waals surface area contributed by atoms with E-state index in [9.17, 15) is 9.90 Å². The van der Waals surface area contributed by atoms with Crippen molar-refractivity contribution < 1.29 is 9.90 Å². The smallest absolute Gasteiger partial charge is 0.231 e. The summed E-state index contributed by atoms with van der Waals surface area (Å²) < 4.78 is 0.